The lowest BCUT2D eigenvalue weighted by Gasteiger charge is -2.06. The lowest BCUT2D eigenvalue weighted by molar-refractivity contribution is -0.113. The summed E-state index contributed by atoms with van der Waals surface area (Å²) in [5.41, 5.74) is 1.22. The van der Waals surface area contributed by atoms with Crippen LogP contribution in [0.4, 0.5) is 14.5 Å². The Morgan fingerprint density at radius 1 is 1.22 bits per heavy atom. The predicted octanol–water partition coefficient (Wildman–Crippen LogP) is 4.83. The summed E-state index contributed by atoms with van der Waals surface area (Å²) in [6.45, 7) is -2.89. The number of rotatable bonds is 7. The standard InChI is InChI=1S/C17H12BrF2N3O3S/c18-11-3-1-2-10(8-11)15-22-23-17(26-15)27-9-14(24)21-12-4-6-13(7-5-12)25-16(19)20/h1-8,16H,9H2,(H,21,24). The molecule has 0 bridgehead atoms. The molecule has 1 aromatic heterocycles. The third kappa shape index (κ3) is 5.76. The number of benzene rings is 2. The number of alkyl halides is 2. The van der Waals surface area contributed by atoms with Crippen molar-refractivity contribution in [3.05, 3.63) is 53.0 Å². The molecule has 0 saturated heterocycles. The van der Waals surface area contributed by atoms with Crippen molar-refractivity contribution in [1.82, 2.24) is 10.2 Å². The second-order valence-electron chi connectivity index (χ2n) is 5.12. The van der Waals surface area contributed by atoms with Gasteiger partial charge < -0.3 is 14.5 Å². The van der Waals surface area contributed by atoms with Gasteiger partial charge in [0.15, 0.2) is 0 Å². The van der Waals surface area contributed by atoms with Crippen LogP contribution in [0.3, 0.4) is 0 Å². The number of carbonyl (C=O) groups is 1. The SMILES string of the molecule is O=C(CSc1nnc(-c2cccc(Br)c2)o1)Nc1ccc(OC(F)F)cc1. The first-order valence-corrected chi connectivity index (χ1v) is 9.34. The van der Waals surface area contributed by atoms with Gasteiger partial charge in [-0.2, -0.15) is 8.78 Å². The van der Waals surface area contributed by atoms with Gasteiger partial charge in [-0.1, -0.05) is 33.8 Å². The lowest BCUT2D eigenvalue weighted by atomic mass is 10.2. The summed E-state index contributed by atoms with van der Waals surface area (Å²) in [5.74, 6) is 0.122. The highest BCUT2D eigenvalue weighted by Gasteiger charge is 2.12. The molecule has 0 aliphatic carbocycles. The third-order valence-electron chi connectivity index (χ3n) is 3.17. The molecule has 0 fully saturated rings. The molecule has 2 aromatic carbocycles. The molecule has 0 unspecified atom stereocenters. The molecule has 0 spiro atoms. The zero-order chi connectivity index (χ0) is 19.2. The van der Waals surface area contributed by atoms with Gasteiger partial charge in [0.1, 0.15) is 5.75 Å². The summed E-state index contributed by atoms with van der Waals surface area (Å²) in [5, 5.41) is 10.8. The van der Waals surface area contributed by atoms with E-state index in [4.69, 9.17) is 4.42 Å². The van der Waals surface area contributed by atoms with E-state index < -0.39 is 6.61 Å². The van der Waals surface area contributed by atoms with E-state index in [1.165, 1.54) is 24.3 Å². The van der Waals surface area contributed by atoms with Crippen LogP contribution in [0.15, 0.2) is 62.6 Å². The molecule has 0 saturated carbocycles. The number of hydrogen-bond acceptors (Lipinski definition) is 6. The Morgan fingerprint density at radius 2 is 2.00 bits per heavy atom. The highest BCUT2D eigenvalue weighted by atomic mass is 79.9. The Labute approximate surface area is 165 Å². The summed E-state index contributed by atoms with van der Waals surface area (Å²) in [4.78, 5) is 12.0. The van der Waals surface area contributed by atoms with Crippen LogP contribution < -0.4 is 10.1 Å². The van der Waals surface area contributed by atoms with E-state index >= 15 is 0 Å². The second-order valence-corrected chi connectivity index (χ2v) is 6.97. The predicted molar refractivity (Wildman–Crippen MR) is 99.9 cm³/mol. The minimum atomic E-state index is -2.89. The molecule has 27 heavy (non-hydrogen) atoms. The fourth-order valence-corrected chi connectivity index (χ4v) is 3.01. The molecule has 3 rings (SSSR count). The van der Waals surface area contributed by atoms with Gasteiger partial charge in [-0.25, -0.2) is 0 Å². The molecule has 10 heteroatoms. The number of halogens is 3. The number of nitrogens with one attached hydrogen (secondary N) is 1. The van der Waals surface area contributed by atoms with Crippen LogP contribution in [-0.2, 0) is 4.79 Å². The molecule has 3 aromatic rings. The van der Waals surface area contributed by atoms with Gasteiger partial charge in [0.05, 0.1) is 5.75 Å². The molecule has 0 atom stereocenters. The van der Waals surface area contributed by atoms with Gasteiger partial charge in [0, 0.05) is 15.7 Å². The monoisotopic (exact) mass is 455 g/mol. The van der Waals surface area contributed by atoms with Crippen molar-refractivity contribution < 1.29 is 22.7 Å². The normalized spacial score (nSPS) is 10.8. The molecule has 0 aliphatic rings. The van der Waals surface area contributed by atoms with E-state index in [2.05, 4.69) is 36.2 Å². The van der Waals surface area contributed by atoms with E-state index in [1.807, 2.05) is 24.3 Å². The van der Waals surface area contributed by atoms with Crippen molar-refractivity contribution in [1.29, 1.82) is 0 Å². The van der Waals surface area contributed by atoms with Crippen LogP contribution in [0.1, 0.15) is 0 Å². The Balaban J connectivity index is 1.52. The zero-order valence-corrected chi connectivity index (χ0v) is 16.0. The largest absolute Gasteiger partial charge is 0.435 e. The van der Waals surface area contributed by atoms with Crippen molar-refractivity contribution in [3.63, 3.8) is 0 Å². The molecule has 6 nitrogen and oxygen atoms in total. The summed E-state index contributed by atoms with van der Waals surface area (Å²) in [6.07, 6.45) is 0. The Hall–Kier alpha value is -2.46. The summed E-state index contributed by atoms with van der Waals surface area (Å²) in [6, 6.07) is 13.0. The van der Waals surface area contributed by atoms with E-state index in [1.54, 1.807) is 0 Å². The van der Waals surface area contributed by atoms with Crippen LogP contribution in [0.25, 0.3) is 11.5 Å². The van der Waals surface area contributed by atoms with Crippen LogP contribution in [0.5, 0.6) is 5.75 Å². The average Bonchev–Trinajstić information content (AvgIpc) is 3.10. The number of aromatic nitrogens is 2. The number of carbonyl (C=O) groups excluding carboxylic acids is 1. The maximum atomic E-state index is 12.1. The smallest absolute Gasteiger partial charge is 0.387 e. The van der Waals surface area contributed by atoms with Gasteiger partial charge in [-0.15, -0.1) is 10.2 Å². The highest BCUT2D eigenvalue weighted by molar-refractivity contribution is 9.10. The van der Waals surface area contributed by atoms with Gasteiger partial charge in [0.2, 0.25) is 11.8 Å². The minimum absolute atomic E-state index is 0.0170. The minimum Gasteiger partial charge on any atom is -0.435 e. The number of thioether (sulfide) groups is 1. The first-order chi connectivity index (χ1) is 13.0. The van der Waals surface area contributed by atoms with Crippen molar-refractivity contribution >= 4 is 39.3 Å². The van der Waals surface area contributed by atoms with E-state index in [0.29, 0.717) is 11.6 Å². The number of hydrogen-bond donors (Lipinski definition) is 1. The molecule has 1 N–H and O–H groups in total. The van der Waals surface area contributed by atoms with Crippen molar-refractivity contribution in [2.24, 2.45) is 0 Å². The fraction of sp³-hybridized carbons (Fsp3) is 0.118. The molecule has 0 radical (unpaired) electrons. The Morgan fingerprint density at radius 3 is 2.70 bits per heavy atom. The van der Waals surface area contributed by atoms with Crippen molar-refractivity contribution in [3.8, 4) is 17.2 Å². The van der Waals surface area contributed by atoms with Crippen LogP contribution >= 0.6 is 27.7 Å². The number of ether oxygens (including phenoxy) is 1. The summed E-state index contributed by atoms with van der Waals surface area (Å²) >= 11 is 4.46. The Bertz CT molecular complexity index is 922. The van der Waals surface area contributed by atoms with Gasteiger partial charge >= 0.3 is 6.61 Å². The molecule has 0 aliphatic heterocycles. The van der Waals surface area contributed by atoms with Crippen LogP contribution in [-0.4, -0.2) is 28.5 Å². The van der Waals surface area contributed by atoms with Gasteiger partial charge in [-0.3, -0.25) is 4.79 Å². The van der Waals surface area contributed by atoms with Crippen LogP contribution in [0, 0.1) is 0 Å². The fourth-order valence-electron chi connectivity index (χ4n) is 2.05. The van der Waals surface area contributed by atoms with E-state index in [0.717, 1.165) is 21.8 Å². The molecule has 140 valence electrons. The second kappa shape index (κ2) is 8.96. The topological polar surface area (TPSA) is 77.2 Å². The third-order valence-corrected chi connectivity index (χ3v) is 4.48. The summed E-state index contributed by atoms with van der Waals surface area (Å²) in [7, 11) is 0. The number of anilines is 1. The van der Waals surface area contributed by atoms with Crippen LogP contribution in [0.2, 0.25) is 0 Å². The van der Waals surface area contributed by atoms with Crippen molar-refractivity contribution in [2.75, 3.05) is 11.1 Å². The first-order valence-electron chi connectivity index (χ1n) is 7.56. The number of amides is 1. The number of nitrogens with zero attached hydrogens (tertiary/aromatic N) is 2. The molecule has 1 amide bonds. The molecule has 1 heterocycles. The lowest BCUT2D eigenvalue weighted by Crippen LogP contribution is -2.14. The van der Waals surface area contributed by atoms with E-state index in [-0.39, 0.29) is 22.6 Å². The maximum Gasteiger partial charge on any atom is 0.387 e. The quantitative estimate of drug-likeness (QED) is 0.514. The molecular formula is C17H12BrF2N3O3S. The van der Waals surface area contributed by atoms with Crippen molar-refractivity contribution in [2.45, 2.75) is 11.8 Å². The maximum absolute atomic E-state index is 12.1. The zero-order valence-electron chi connectivity index (χ0n) is 13.6. The van der Waals surface area contributed by atoms with E-state index in [9.17, 15) is 13.6 Å². The summed E-state index contributed by atoms with van der Waals surface area (Å²) < 4.78 is 34.9. The van der Waals surface area contributed by atoms with Gasteiger partial charge in [0.25, 0.3) is 5.22 Å². The highest BCUT2D eigenvalue weighted by Crippen LogP contribution is 2.25. The average molecular weight is 456 g/mol. The Kier molecular flexibility index (Phi) is 6.40. The molecular weight excluding hydrogens is 444 g/mol. The van der Waals surface area contributed by atoms with Gasteiger partial charge in [-0.05, 0) is 42.5 Å². The first kappa shape index (κ1) is 19.3.